The Labute approximate surface area is 270 Å². The number of fused-ring (bicyclic) bond motifs is 1. The van der Waals surface area contributed by atoms with Crippen molar-refractivity contribution in [1.29, 1.82) is 0 Å². The third-order valence-corrected chi connectivity index (χ3v) is 9.82. The average Bonchev–Trinajstić information content (AvgIpc) is 3.74. The van der Waals surface area contributed by atoms with Gasteiger partial charge < -0.3 is 14.8 Å². The van der Waals surface area contributed by atoms with Gasteiger partial charge >= 0.3 is 0 Å². The number of hydrogen-bond donors (Lipinski definition) is 2. The largest absolute Gasteiger partial charge is 0.455 e. The van der Waals surface area contributed by atoms with Crippen molar-refractivity contribution >= 4 is 38.4 Å². The van der Waals surface area contributed by atoms with Crippen LogP contribution in [0.25, 0.3) is 33.4 Å². The van der Waals surface area contributed by atoms with Crippen LogP contribution in [0.2, 0.25) is 0 Å². The molecule has 4 aromatic carbocycles. The molecule has 1 saturated carbocycles. The molecule has 0 unspecified atom stereocenters. The third-order valence-electron chi connectivity index (χ3n) is 8.64. The van der Waals surface area contributed by atoms with Gasteiger partial charge in [0.05, 0.1) is 30.7 Å². The first-order valence-corrected chi connectivity index (χ1v) is 16.9. The molecule has 1 heterocycles. The quantitative estimate of drug-likeness (QED) is 0.157. The molecule has 1 aromatic heterocycles. The van der Waals surface area contributed by atoms with Crippen molar-refractivity contribution in [2.75, 3.05) is 30.8 Å². The highest BCUT2D eigenvalue weighted by Gasteiger charge is 2.45. The molecule has 8 nitrogen and oxygen atoms in total. The Morgan fingerprint density at radius 3 is 2.19 bits per heavy atom. The maximum absolute atomic E-state index is 13.8. The monoisotopic (exact) mass is 658 g/mol. The van der Waals surface area contributed by atoms with Gasteiger partial charge in [0.2, 0.25) is 10.0 Å². The molecule has 6 rings (SSSR count). The summed E-state index contributed by atoms with van der Waals surface area (Å²) < 4.78 is 60.6. The number of hydrogen-bond acceptors (Lipinski definition) is 6. The number of halogens is 2. The summed E-state index contributed by atoms with van der Waals surface area (Å²) in [6.07, 6.45) is 2.84. The summed E-state index contributed by atoms with van der Waals surface area (Å²) >= 11 is 0. The van der Waals surface area contributed by atoms with E-state index in [2.05, 4.69) is 5.32 Å². The molecule has 11 heteroatoms. The average molecular weight is 659 g/mol. The molecule has 5 aromatic rings. The number of anilines is 1. The zero-order valence-electron chi connectivity index (χ0n) is 25.7. The summed E-state index contributed by atoms with van der Waals surface area (Å²) in [6, 6.07) is 21.5. The normalized spacial score (nSPS) is 13.8. The molecule has 0 spiro atoms. The minimum atomic E-state index is -3.92. The molecule has 242 valence electrons. The lowest BCUT2D eigenvalue weighted by Gasteiger charge is -2.24. The van der Waals surface area contributed by atoms with Gasteiger partial charge in [0, 0.05) is 47.0 Å². The molecule has 1 aliphatic rings. The van der Waals surface area contributed by atoms with E-state index >= 15 is 0 Å². The van der Waals surface area contributed by atoms with Gasteiger partial charge in [-0.1, -0.05) is 30.3 Å². The topological polar surface area (TPSA) is 117 Å². The van der Waals surface area contributed by atoms with Crippen LogP contribution in [0.5, 0.6) is 0 Å². The van der Waals surface area contributed by atoms with E-state index in [9.17, 15) is 31.9 Å². The van der Waals surface area contributed by atoms with Crippen LogP contribution < -0.4 is 9.62 Å². The Hall–Kier alpha value is -4.87. The number of nitrogens with one attached hydrogen (secondary N) is 1. The number of rotatable bonds is 11. The lowest BCUT2D eigenvalue weighted by Crippen LogP contribution is -2.33. The first-order valence-electron chi connectivity index (χ1n) is 15.0. The third kappa shape index (κ3) is 6.28. The number of Topliss-reactive ketones (excluding diaryl/α,β-unsaturated/α-hetero) is 1. The second-order valence-corrected chi connectivity index (χ2v) is 13.7. The number of furan rings is 1. The van der Waals surface area contributed by atoms with Crippen LogP contribution >= 0.6 is 0 Å². The van der Waals surface area contributed by atoms with Crippen LogP contribution in [0.4, 0.5) is 14.5 Å². The molecule has 0 aliphatic heterocycles. The number of sulfonamides is 1. The van der Waals surface area contributed by atoms with Gasteiger partial charge in [0.15, 0.2) is 5.78 Å². The SMILES string of the molecule is CNC(=O)c1c(-c2ccc(F)cc2)oc2cc(N(CCO)S(C)(=O)=O)c(-c3cccc(C(=O)CC4(c5ccc(F)cc5)CC4)c3)cc12. The second kappa shape index (κ2) is 12.4. The highest BCUT2D eigenvalue weighted by atomic mass is 32.2. The molecule has 1 amide bonds. The molecule has 1 aliphatic carbocycles. The van der Waals surface area contributed by atoms with Crippen molar-refractivity contribution < 1.29 is 36.3 Å². The Morgan fingerprint density at radius 1 is 0.936 bits per heavy atom. The molecule has 1 fully saturated rings. The maximum atomic E-state index is 13.8. The first kappa shape index (κ1) is 32.1. The Kier molecular flexibility index (Phi) is 8.46. The zero-order valence-corrected chi connectivity index (χ0v) is 26.5. The van der Waals surface area contributed by atoms with Crippen molar-refractivity contribution in [1.82, 2.24) is 5.32 Å². The molecular weight excluding hydrogens is 626 g/mol. The van der Waals surface area contributed by atoms with E-state index < -0.39 is 28.4 Å². The number of aliphatic hydroxyl groups is 1. The number of carbonyl (C=O) groups excluding carboxylic acids is 2. The lowest BCUT2D eigenvalue weighted by atomic mass is 9.88. The van der Waals surface area contributed by atoms with E-state index in [1.165, 1.54) is 49.5 Å². The van der Waals surface area contributed by atoms with Crippen molar-refractivity contribution in [2.24, 2.45) is 0 Å². The minimum absolute atomic E-state index is 0.125. The number of benzene rings is 4. The number of nitrogens with zero attached hydrogens (tertiary/aromatic N) is 1. The van der Waals surface area contributed by atoms with E-state index in [0.29, 0.717) is 27.6 Å². The summed E-state index contributed by atoms with van der Waals surface area (Å²) in [4.78, 5) is 26.9. The van der Waals surface area contributed by atoms with Crippen LogP contribution in [-0.2, 0) is 15.4 Å². The standard InChI is InChI=1S/C36H32F2N2O6S/c1-39-35(43)33-29-19-28(23-4-3-5-24(18-23)31(42)21-36(14-15-36)25-8-12-27(38)13-9-25)30(40(16-17-41)47(2,44)45)20-32(29)46-34(33)22-6-10-26(37)11-7-22/h3-13,18-20,41H,14-17,21H2,1-2H3,(H,39,43). The molecule has 0 atom stereocenters. The summed E-state index contributed by atoms with van der Waals surface area (Å²) in [6.45, 7) is -0.735. The van der Waals surface area contributed by atoms with Crippen molar-refractivity contribution in [2.45, 2.75) is 24.7 Å². The van der Waals surface area contributed by atoms with E-state index in [1.54, 1.807) is 42.5 Å². The summed E-state index contributed by atoms with van der Waals surface area (Å²) in [5.41, 5.74) is 2.78. The second-order valence-electron chi connectivity index (χ2n) is 11.8. The van der Waals surface area contributed by atoms with E-state index in [1.807, 2.05) is 0 Å². The van der Waals surface area contributed by atoms with Gasteiger partial charge in [0.25, 0.3) is 5.91 Å². The van der Waals surface area contributed by atoms with Crippen LogP contribution in [0.3, 0.4) is 0 Å². The molecule has 0 bridgehead atoms. The fourth-order valence-electron chi connectivity index (χ4n) is 6.07. The van der Waals surface area contributed by atoms with Gasteiger partial charge in [0.1, 0.15) is 23.0 Å². The lowest BCUT2D eigenvalue weighted by molar-refractivity contribution is 0.0958. The highest BCUT2D eigenvalue weighted by Crippen LogP contribution is 2.51. The highest BCUT2D eigenvalue weighted by molar-refractivity contribution is 7.92. The van der Waals surface area contributed by atoms with Crippen molar-refractivity contribution in [3.8, 4) is 22.5 Å². The summed E-state index contributed by atoms with van der Waals surface area (Å²) in [7, 11) is -2.46. The number of carbonyl (C=O) groups is 2. The van der Waals surface area contributed by atoms with Crippen LogP contribution in [-0.4, -0.2) is 51.7 Å². The number of aliphatic hydroxyl groups excluding tert-OH is 1. The van der Waals surface area contributed by atoms with Crippen LogP contribution in [0.15, 0.2) is 89.3 Å². The van der Waals surface area contributed by atoms with Gasteiger partial charge in [-0.2, -0.15) is 0 Å². The predicted molar refractivity (Wildman–Crippen MR) is 176 cm³/mol. The van der Waals surface area contributed by atoms with Crippen molar-refractivity contribution in [3.05, 3.63) is 113 Å². The minimum Gasteiger partial charge on any atom is -0.455 e. The van der Waals surface area contributed by atoms with E-state index in [4.69, 9.17) is 4.42 Å². The molecular formula is C36H32F2N2O6S. The van der Waals surface area contributed by atoms with Gasteiger partial charge in [-0.15, -0.1) is 0 Å². The van der Waals surface area contributed by atoms with Crippen LogP contribution in [0.1, 0.15) is 45.5 Å². The van der Waals surface area contributed by atoms with Gasteiger partial charge in [-0.3, -0.25) is 13.9 Å². The van der Waals surface area contributed by atoms with Crippen LogP contribution in [0, 0.1) is 11.6 Å². The molecule has 47 heavy (non-hydrogen) atoms. The smallest absolute Gasteiger partial charge is 0.255 e. The van der Waals surface area contributed by atoms with E-state index in [-0.39, 0.29) is 52.6 Å². The molecule has 0 saturated heterocycles. The summed E-state index contributed by atoms with van der Waals surface area (Å²) in [5, 5.41) is 12.8. The molecule has 2 N–H and O–H groups in total. The van der Waals surface area contributed by atoms with Gasteiger partial charge in [-0.05, 0) is 72.5 Å². The predicted octanol–water partition coefficient (Wildman–Crippen LogP) is 6.47. The Morgan fingerprint density at radius 2 is 1.60 bits per heavy atom. The fraction of sp³-hybridized carbons (Fsp3) is 0.222. The Balaban J connectivity index is 1.51. The number of amides is 1. The first-order chi connectivity index (χ1) is 22.4. The van der Waals surface area contributed by atoms with Crippen molar-refractivity contribution in [3.63, 3.8) is 0 Å². The van der Waals surface area contributed by atoms with Gasteiger partial charge in [-0.25, -0.2) is 17.2 Å². The Bertz CT molecular complexity index is 2100. The zero-order chi connectivity index (χ0) is 33.5. The maximum Gasteiger partial charge on any atom is 0.255 e. The molecule has 0 radical (unpaired) electrons. The van der Waals surface area contributed by atoms with E-state index in [0.717, 1.165) is 29.0 Å². The fourth-order valence-corrected chi connectivity index (χ4v) is 6.99. The number of ketones is 1. The summed E-state index contributed by atoms with van der Waals surface area (Å²) in [5.74, 6) is -1.25.